The Morgan fingerprint density at radius 1 is 1.24 bits per heavy atom. The van der Waals surface area contributed by atoms with Crippen LogP contribution in [-0.4, -0.2) is 31.4 Å². The van der Waals surface area contributed by atoms with Crippen molar-refractivity contribution in [2.45, 2.75) is 34.6 Å². The maximum Gasteiger partial charge on any atom is 0.244 e. The average molecular weight is 243 g/mol. The second-order valence-corrected chi connectivity index (χ2v) is 3.38. The van der Waals surface area contributed by atoms with Crippen LogP contribution in [0, 0.1) is 5.92 Å². The second-order valence-electron chi connectivity index (χ2n) is 3.38. The summed E-state index contributed by atoms with van der Waals surface area (Å²) in [5.41, 5.74) is 0. The first-order valence-electron chi connectivity index (χ1n) is 6.15. The molecule has 17 heavy (non-hydrogen) atoms. The Balaban J connectivity index is 0. The van der Waals surface area contributed by atoms with E-state index >= 15 is 0 Å². The number of ether oxygens (including phenoxy) is 1. The number of carbonyl (C=O) groups is 2. The van der Waals surface area contributed by atoms with E-state index in [-0.39, 0.29) is 17.6 Å². The molecule has 0 aromatic rings. The number of hydrogen-bond donors (Lipinski definition) is 1. The molecule has 0 saturated heterocycles. The molecule has 0 aliphatic rings. The largest absolute Gasteiger partial charge is 0.380 e. The minimum atomic E-state index is -0.260. The molecule has 0 unspecified atom stereocenters. The minimum absolute atomic E-state index is 0.0463. The van der Waals surface area contributed by atoms with Crippen molar-refractivity contribution in [3.05, 3.63) is 12.2 Å². The fourth-order valence-electron chi connectivity index (χ4n) is 0.800. The quantitative estimate of drug-likeness (QED) is 0.549. The Morgan fingerprint density at radius 2 is 1.82 bits per heavy atom. The zero-order valence-corrected chi connectivity index (χ0v) is 11.6. The molecule has 0 fully saturated rings. The van der Waals surface area contributed by atoms with Gasteiger partial charge in [0.25, 0.3) is 0 Å². The van der Waals surface area contributed by atoms with Crippen LogP contribution in [0.1, 0.15) is 34.6 Å². The van der Waals surface area contributed by atoms with Crippen LogP contribution in [0.5, 0.6) is 0 Å². The maximum atomic E-state index is 11.1. The molecular formula is C13H25NO3. The van der Waals surface area contributed by atoms with E-state index < -0.39 is 0 Å². The van der Waals surface area contributed by atoms with Crippen LogP contribution >= 0.6 is 0 Å². The van der Waals surface area contributed by atoms with Crippen molar-refractivity contribution in [2.75, 3.05) is 19.8 Å². The summed E-state index contributed by atoms with van der Waals surface area (Å²) in [5, 5.41) is 2.61. The fraction of sp³-hybridized carbons (Fsp3) is 0.692. The highest BCUT2D eigenvalue weighted by Crippen LogP contribution is 1.94. The summed E-state index contributed by atoms with van der Waals surface area (Å²) in [5.74, 6) is -0.379. The molecule has 0 atom stereocenters. The van der Waals surface area contributed by atoms with Gasteiger partial charge in [-0.05, 0) is 13.0 Å². The first-order valence-corrected chi connectivity index (χ1v) is 6.15. The van der Waals surface area contributed by atoms with E-state index in [0.717, 1.165) is 0 Å². The van der Waals surface area contributed by atoms with E-state index in [0.29, 0.717) is 19.8 Å². The number of allylic oxidation sites excluding steroid dienone is 1. The molecule has 0 aliphatic heterocycles. The van der Waals surface area contributed by atoms with Crippen molar-refractivity contribution in [1.29, 1.82) is 0 Å². The third-order valence-corrected chi connectivity index (χ3v) is 1.72. The van der Waals surface area contributed by atoms with E-state index in [1.807, 2.05) is 20.8 Å². The van der Waals surface area contributed by atoms with E-state index in [1.54, 1.807) is 13.8 Å². The summed E-state index contributed by atoms with van der Waals surface area (Å²) in [6.45, 7) is 11.1. The molecule has 0 saturated carbocycles. The predicted molar refractivity (Wildman–Crippen MR) is 69.8 cm³/mol. The first kappa shape index (κ1) is 18.2. The Labute approximate surface area is 104 Å². The molecule has 0 aromatic carbocycles. The predicted octanol–water partition coefficient (Wildman–Crippen LogP) is 1.95. The topological polar surface area (TPSA) is 55.4 Å². The normalized spacial score (nSPS) is 10.0. The zero-order chi connectivity index (χ0) is 13.7. The summed E-state index contributed by atoms with van der Waals surface area (Å²) in [6.07, 6.45) is 2.56. The van der Waals surface area contributed by atoms with Gasteiger partial charge in [0.15, 0.2) is 5.78 Å². The van der Waals surface area contributed by atoms with Gasteiger partial charge in [0.1, 0.15) is 0 Å². The van der Waals surface area contributed by atoms with Crippen molar-refractivity contribution < 1.29 is 14.3 Å². The van der Waals surface area contributed by atoms with E-state index in [4.69, 9.17) is 4.74 Å². The number of carbonyl (C=O) groups excluding carboxylic acids is 2. The molecule has 0 aliphatic carbocycles. The zero-order valence-electron chi connectivity index (χ0n) is 11.6. The monoisotopic (exact) mass is 243 g/mol. The smallest absolute Gasteiger partial charge is 0.244 e. The molecule has 1 N–H and O–H groups in total. The second kappa shape index (κ2) is 12.9. The Hall–Kier alpha value is -1.16. The van der Waals surface area contributed by atoms with Gasteiger partial charge in [-0.1, -0.05) is 27.7 Å². The van der Waals surface area contributed by atoms with Crippen molar-refractivity contribution in [2.24, 2.45) is 5.92 Å². The highest BCUT2D eigenvalue weighted by molar-refractivity contribution is 5.98. The minimum Gasteiger partial charge on any atom is -0.380 e. The lowest BCUT2D eigenvalue weighted by Gasteiger charge is -2.02. The van der Waals surface area contributed by atoms with Crippen LogP contribution in [0.25, 0.3) is 0 Å². The van der Waals surface area contributed by atoms with Crippen molar-refractivity contribution >= 4 is 11.7 Å². The van der Waals surface area contributed by atoms with Gasteiger partial charge in [-0.3, -0.25) is 9.59 Å². The molecule has 1 amide bonds. The number of rotatable bonds is 7. The Bertz CT molecular complexity index is 235. The molecule has 0 bridgehead atoms. The van der Waals surface area contributed by atoms with Gasteiger partial charge in [-0.15, -0.1) is 0 Å². The van der Waals surface area contributed by atoms with E-state index in [9.17, 15) is 9.59 Å². The van der Waals surface area contributed by atoms with Crippen LogP contribution in [0.3, 0.4) is 0 Å². The van der Waals surface area contributed by atoms with Crippen molar-refractivity contribution in [3.8, 4) is 0 Å². The summed E-state index contributed by atoms with van der Waals surface area (Å²) in [7, 11) is 0. The molecule has 100 valence electrons. The Morgan fingerprint density at radius 3 is 2.29 bits per heavy atom. The molecule has 0 radical (unpaired) electrons. The van der Waals surface area contributed by atoms with E-state index in [1.165, 1.54) is 12.2 Å². The molecular weight excluding hydrogens is 218 g/mol. The Kier molecular flexibility index (Phi) is 13.8. The van der Waals surface area contributed by atoms with Crippen LogP contribution in [0.4, 0.5) is 0 Å². The summed E-state index contributed by atoms with van der Waals surface area (Å²) < 4.78 is 5.04. The number of ketones is 1. The number of hydrogen-bond acceptors (Lipinski definition) is 3. The van der Waals surface area contributed by atoms with Crippen molar-refractivity contribution in [3.63, 3.8) is 0 Å². The first-order chi connectivity index (χ1) is 8.07. The summed E-state index contributed by atoms with van der Waals surface area (Å²) in [6, 6.07) is 0. The van der Waals surface area contributed by atoms with Gasteiger partial charge in [0, 0.05) is 25.1 Å². The van der Waals surface area contributed by atoms with Crippen LogP contribution in [-0.2, 0) is 14.3 Å². The van der Waals surface area contributed by atoms with Crippen LogP contribution in [0.2, 0.25) is 0 Å². The number of nitrogens with one attached hydrogen (secondary N) is 1. The van der Waals surface area contributed by atoms with Crippen molar-refractivity contribution in [1.82, 2.24) is 5.32 Å². The third kappa shape index (κ3) is 12.8. The molecule has 0 spiro atoms. The van der Waals surface area contributed by atoms with Gasteiger partial charge in [-0.25, -0.2) is 0 Å². The van der Waals surface area contributed by atoms with Gasteiger partial charge in [-0.2, -0.15) is 0 Å². The lowest BCUT2D eigenvalue weighted by Crippen LogP contribution is -2.25. The van der Waals surface area contributed by atoms with Gasteiger partial charge in [0.05, 0.1) is 6.61 Å². The van der Waals surface area contributed by atoms with E-state index in [2.05, 4.69) is 5.32 Å². The van der Waals surface area contributed by atoms with Crippen LogP contribution < -0.4 is 5.32 Å². The summed E-state index contributed by atoms with van der Waals surface area (Å²) >= 11 is 0. The molecule has 4 nitrogen and oxygen atoms in total. The van der Waals surface area contributed by atoms with Gasteiger partial charge < -0.3 is 10.1 Å². The molecule has 0 rings (SSSR count). The molecule has 0 aromatic heterocycles. The SMILES string of the molecule is CC.CCOCCNC(=O)/C=C/C(=O)C(C)C. The summed E-state index contributed by atoms with van der Waals surface area (Å²) in [4.78, 5) is 22.3. The highest BCUT2D eigenvalue weighted by atomic mass is 16.5. The fourth-order valence-corrected chi connectivity index (χ4v) is 0.800. The molecule has 4 heteroatoms. The number of amides is 1. The van der Waals surface area contributed by atoms with Crippen LogP contribution in [0.15, 0.2) is 12.2 Å². The third-order valence-electron chi connectivity index (χ3n) is 1.72. The maximum absolute atomic E-state index is 11.1. The average Bonchev–Trinajstić information content (AvgIpc) is 2.34. The lowest BCUT2D eigenvalue weighted by atomic mass is 10.1. The highest BCUT2D eigenvalue weighted by Gasteiger charge is 2.02. The lowest BCUT2D eigenvalue weighted by molar-refractivity contribution is -0.119. The molecule has 0 heterocycles. The standard InChI is InChI=1S/C11H19NO3.C2H6/c1-4-15-8-7-12-11(14)6-5-10(13)9(2)3;1-2/h5-6,9H,4,7-8H2,1-3H3,(H,12,14);1-2H3/b6-5+;. The van der Waals surface area contributed by atoms with Gasteiger partial charge in [0.2, 0.25) is 5.91 Å². The van der Waals surface area contributed by atoms with Gasteiger partial charge >= 0.3 is 0 Å².